The molecule has 1 rings (SSSR count). The smallest absolute Gasteiger partial charge is 0.373 e. The fourth-order valence-corrected chi connectivity index (χ4v) is 1.89. The highest BCUT2D eigenvalue weighted by Gasteiger charge is 2.26. The van der Waals surface area contributed by atoms with Crippen LogP contribution in [-0.4, -0.2) is 35.9 Å². The molecule has 1 aromatic rings. The molecule has 0 saturated carbocycles. The Labute approximate surface area is 123 Å². The van der Waals surface area contributed by atoms with Crippen LogP contribution in [0.5, 0.6) is 0 Å². The van der Waals surface area contributed by atoms with Crippen molar-refractivity contribution < 1.29 is 29.2 Å². The molecule has 0 aliphatic rings. The third-order valence-electron chi connectivity index (χ3n) is 2.68. The lowest BCUT2D eigenvalue weighted by molar-refractivity contribution is -0.311. The Bertz CT molecular complexity index is 507. The first-order valence-electron chi connectivity index (χ1n) is 6.52. The first kappa shape index (κ1) is 17.1. The molecule has 0 heterocycles. The summed E-state index contributed by atoms with van der Waals surface area (Å²) < 4.78 is 4.60. The van der Waals surface area contributed by atoms with E-state index in [9.17, 15) is 14.7 Å². The molecule has 1 unspecified atom stereocenters. The van der Waals surface area contributed by atoms with E-state index < -0.39 is 23.6 Å². The zero-order valence-corrected chi connectivity index (χ0v) is 12.6. The summed E-state index contributed by atoms with van der Waals surface area (Å²) in [5.41, 5.74) is -0.691. The minimum atomic E-state index is -0.843. The number of carbonyl (C=O) groups excluding carboxylic acids is 2. The molecule has 0 radical (unpaired) electrons. The number of methoxy groups -OCH3 is 1. The van der Waals surface area contributed by atoms with Crippen molar-refractivity contribution in [3.05, 3.63) is 35.4 Å². The second-order valence-corrected chi connectivity index (χ2v) is 5.30. The summed E-state index contributed by atoms with van der Waals surface area (Å²) >= 11 is 0. The number of benzene rings is 1. The summed E-state index contributed by atoms with van der Waals surface area (Å²) in [4.78, 5) is 33.4. The van der Waals surface area contributed by atoms with Crippen LogP contribution in [0.2, 0.25) is 0 Å². The molecular weight excluding hydrogens is 276 g/mol. The Balaban J connectivity index is 2.79. The maximum atomic E-state index is 12.0. The molecule has 6 heteroatoms. The molecule has 0 fully saturated rings. The van der Waals surface area contributed by atoms with E-state index in [1.54, 1.807) is 32.9 Å². The highest BCUT2D eigenvalue weighted by molar-refractivity contribution is 6.02. The molecule has 21 heavy (non-hydrogen) atoms. The molecule has 6 nitrogen and oxygen atoms in total. The predicted octanol–water partition coefficient (Wildman–Crippen LogP) is 2.11. The van der Waals surface area contributed by atoms with Crippen molar-refractivity contribution in [1.82, 2.24) is 0 Å². The van der Waals surface area contributed by atoms with Crippen molar-refractivity contribution in [3.8, 4) is 0 Å². The fourth-order valence-electron chi connectivity index (χ4n) is 1.89. The van der Waals surface area contributed by atoms with Crippen LogP contribution in [0.4, 0.5) is 0 Å². The van der Waals surface area contributed by atoms with E-state index in [1.807, 2.05) is 0 Å². The number of hydrogen-bond acceptors (Lipinski definition) is 6. The Morgan fingerprint density at radius 1 is 1.19 bits per heavy atom. The molecule has 0 aliphatic heterocycles. The Kier molecular flexibility index (Phi) is 5.87. The van der Waals surface area contributed by atoms with Gasteiger partial charge in [-0.15, -0.1) is 0 Å². The van der Waals surface area contributed by atoms with Gasteiger partial charge in [-0.1, -0.05) is 12.1 Å². The molecule has 116 valence electrons. The predicted molar refractivity (Wildman–Crippen MR) is 74.7 cm³/mol. The standard InChI is InChI=1S/C15H20O6/c1-10(16)9-15(2,3)21-20-14(18)12-8-6-5-7-11(12)13(17)19-4/h5-8,10,16H,9H2,1-4H3. The molecule has 0 saturated heterocycles. The first-order valence-corrected chi connectivity index (χ1v) is 6.52. The van der Waals surface area contributed by atoms with Gasteiger partial charge in [-0.05, 0) is 32.9 Å². The van der Waals surface area contributed by atoms with Gasteiger partial charge >= 0.3 is 11.9 Å². The van der Waals surface area contributed by atoms with Gasteiger partial charge in [-0.2, -0.15) is 4.89 Å². The zero-order valence-electron chi connectivity index (χ0n) is 12.6. The van der Waals surface area contributed by atoms with E-state index in [0.717, 1.165) is 0 Å². The second-order valence-electron chi connectivity index (χ2n) is 5.30. The third-order valence-corrected chi connectivity index (χ3v) is 2.68. The number of esters is 1. The molecule has 1 aromatic carbocycles. The van der Waals surface area contributed by atoms with Gasteiger partial charge in [0.2, 0.25) is 0 Å². The van der Waals surface area contributed by atoms with Gasteiger partial charge in [0.15, 0.2) is 0 Å². The normalized spacial score (nSPS) is 12.6. The summed E-state index contributed by atoms with van der Waals surface area (Å²) in [7, 11) is 1.23. The number of carbonyl (C=O) groups is 2. The van der Waals surface area contributed by atoms with Crippen molar-refractivity contribution in [2.75, 3.05) is 7.11 Å². The van der Waals surface area contributed by atoms with Crippen molar-refractivity contribution in [1.29, 1.82) is 0 Å². The van der Waals surface area contributed by atoms with Crippen LogP contribution in [0.15, 0.2) is 24.3 Å². The second kappa shape index (κ2) is 7.19. The van der Waals surface area contributed by atoms with Gasteiger partial charge in [-0.25, -0.2) is 9.59 Å². The number of rotatable bonds is 6. The molecule has 0 aliphatic carbocycles. The summed E-state index contributed by atoms with van der Waals surface area (Å²) in [6.07, 6.45) is -0.306. The number of aliphatic hydroxyl groups is 1. The van der Waals surface area contributed by atoms with Crippen LogP contribution < -0.4 is 0 Å². The van der Waals surface area contributed by atoms with Crippen molar-refractivity contribution in [2.45, 2.75) is 38.9 Å². The van der Waals surface area contributed by atoms with Gasteiger partial charge in [0.05, 0.1) is 24.3 Å². The van der Waals surface area contributed by atoms with Gasteiger partial charge in [-0.3, -0.25) is 4.89 Å². The highest BCUT2D eigenvalue weighted by atomic mass is 17.2. The van der Waals surface area contributed by atoms with Crippen LogP contribution in [0.25, 0.3) is 0 Å². The quantitative estimate of drug-likeness (QED) is 0.492. The average molecular weight is 296 g/mol. The van der Waals surface area contributed by atoms with Gasteiger partial charge < -0.3 is 9.84 Å². The molecular formula is C15H20O6. The van der Waals surface area contributed by atoms with E-state index in [1.165, 1.54) is 19.2 Å². The third kappa shape index (κ3) is 5.17. The molecule has 0 aromatic heterocycles. The van der Waals surface area contributed by atoms with Crippen molar-refractivity contribution in [2.24, 2.45) is 0 Å². The Morgan fingerprint density at radius 2 is 1.71 bits per heavy atom. The van der Waals surface area contributed by atoms with Gasteiger partial charge in [0.25, 0.3) is 0 Å². The maximum absolute atomic E-state index is 12.0. The lowest BCUT2D eigenvalue weighted by Gasteiger charge is -2.24. The fraction of sp³-hybridized carbons (Fsp3) is 0.467. The van der Waals surface area contributed by atoms with Gasteiger partial charge in [0, 0.05) is 6.42 Å². The molecule has 0 bridgehead atoms. The number of ether oxygens (including phenoxy) is 1. The molecule has 1 atom stereocenters. The summed E-state index contributed by atoms with van der Waals surface area (Å²) in [6, 6.07) is 6.12. The SMILES string of the molecule is COC(=O)c1ccccc1C(=O)OOC(C)(C)CC(C)O. The van der Waals surface area contributed by atoms with E-state index in [4.69, 9.17) is 9.78 Å². The topological polar surface area (TPSA) is 82.1 Å². The molecule has 0 amide bonds. The van der Waals surface area contributed by atoms with E-state index in [0.29, 0.717) is 6.42 Å². The van der Waals surface area contributed by atoms with E-state index >= 15 is 0 Å². The lowest BCUT2D eigenvalue weighted by atomic mass is 10.0. The van der Waals surface area contributed by atoms with E-state index in [-0.39, 0.29) is 11.1 Å². The molecule has 0 spiro atoms. The summed E-state index contributed by atoms with van der Waals surface area (Å²) in [5.74, 6) is -1.43. The Hall–Kier alpha value is -1.92. The zero-order chi connectivity index (χ0) is 16.0. The largest absolute Gasteiger partial charge is 0.465 e. The highest BCUT2D eigenvalue weighted by Crippen LogP contribution is 2.19. The van der Waals surface area contributed by atoms with Crippen LogP contribution in [0.3, 0.4) is 0 Å². The average Bonchev–Trinajstić information content (AvgIpc) is 2.42. The number of hydrogen-bond donors (Lipinski definition) is 1. The molecule has 1 N–H and O–H groups in total. The monoisotopic (exact) mass is 296 g/mol. The first-order chi connectivity index (χ1) is 9.76. The van der Waals surface area contributed by atoms with E-state index in [2.05, 4.69) is 4.74 Å². The van der Waals surface area contributed by atoms with Crippen molar-refractivity contribution >= 4 is 11.9 Å². The van der Waals surface area contributed by atoms with Crippen LogP contribution in [0.1, 0.15) is 47.9 Å². The van der Waals surface area contributed by atoms with Crippen LogP contribution >= 0.6 is 0 Å². The summed E-state index contributed by atoms with van der Waals surface area (Å²) in [6.45, 7) is 4.97. The Morgan fingerprint density at radius 3 is 2.19 bits per heavy atom. The minimum absolute atomic E-state index is 0.0530. The number of aliphatic hydroxyl groups excluding tert-OH is 1. The van der Waals surface area contributed by atoms with Gasteiger partial charge in [0.1, 0.15) is 5.60 Å². The minimum Gasteiger partial charge on any atom is -0.465 e. The maximum Gasteiger partial charge on any atom is 0.373 e. The van der Waals surface area contributed by atoms with Crippen LogP contribution in [0, 0.1) is 0 Å². The van der Waals surface area contributed by atoms with Crippen LogP contribution in [-0.2, 0) is 14.5 Å². The lowest BCUT2D eigenvalue weighted by Crippen LogP contribution is -2.30. The summed E-state index contributed by atoms with van der Waals surface area (Å²) in [5, 5.41) is 9.34. The van der Waals surface area contributed by atoms with Crippen molar-refractivity contribution in [3.63, 3.8) is 0 Å².